The molecule has 0 bridgehead atoms. The molecule has 1 fully saturated rings. The minimum atomic E-state index is -0.468. The lowest BCUT2D eigenvalue weighted by Gasteiger charge is -2.25. The van der Waals surface area contributed by atoms with Crippen LogP contribution in [-0.4, -0.2) is 29.1 Å². The highest BCUT2D eigenvalue weighted by Gasteiger charge is 2.43. The molecule has 1 aliphatic heterocycles. The molecule has 0 unspecified atom stereocenters. The van der Waals surface area contributed by atoms with Crippen molar-refractivity contribution in [3.63, 3.8) is 0 Å². The van der Waals surface area contributed by atoms with Crippen LogP contribution in [0.2, 0.25) is 0 Å². The monoisotopic (exact) mass is 364 g/mol. The van der Waals surface area contributed by atoms with Crippen LogP contribution in [0.25, 0.3) is 0 Å². The van der Waals surface area contributed by atoms with Gasteiger partial charge in [0.1, 0.15) is 11.9 Å². The number of rotatable bonds is 9. The molecule has 1 heterocycles. The molecular weight excluding hydrogens is 328 g/mol. The first-order valence-corrected chi connectivity index (χ1v) is 10.7. The highest BCUT2D eigenvalue weighted by Crippen LogP contribution is 2.40. The lowest BCUT2D eigenvalue weighted by Crippen LogP contribution is -2.26. The molecule has 2 rings (SSSR count). The number of aliphatic hydroxyl groups excluding tert-OH is 1. The summed E-state index contributed by atoms with van der Waals surface area (Å²) in [5.74, 6) is 0.359. The average Bonchev–Trinajstić information content (AvgIpc) is 2.90. The predicted molar refractivity (Wildman–Crippen MR) is 103 cm³/mol. The Labute approximate surface area is 158 Å². The Morgan fingerprint density at radius 2 is 2.00 bits per heavy atom. The Balaban J connectivity index is 1.82. The van der Waals surface area contributed by atoms with E-state index in [4.69, 9.17) is 4.74 Å². The maximum absolute atomic E-state index is 12.2. The second-order valence-electron chi connectivity index (χ2n) is 8.00. The van der Waals surface area contributed by atoms with Crippen molar-refractivity contribution in [2.75, 3.05) is 0 Å². The van der Waals surface area contributed by atoms with Gasteiger partial charge in [0.2, 0.25) is 0 Å². The summed E-state index contributed by atoms with van der Waals surface area (Å²) in [5, 5.41) is 10.5. The number of carbonyl (C=O) groups is 2. The lowest BCUT2D eigenvalue weighted by atomic mass is 9.85. The van der Waals surface area contributed by atoms with Crippen molar-refractivity contribution in [1.82, 2.24) is 0 Å². The van der Waals surface area contributed by atoms with Crippen molar-refractivity contribution < 1.29 is 19.4 Å². The van der Waals surface area contributed by atoms with Gasteiger partial charge in [0.05, 0.1) is 6.10 Å². The van der Waals surface area contributed by atoms with Crippen LogP contribution < -0.4 is 0 Å². The van der Waals surface area contributed by atoms with Gasteiger partial charge in [0.25, 0.3) is 0 Å². The van der Waals surface area contributed by atoms with Crippen LogP contribution in [0.15, 0.2) is 12.2 Å². The fraction of sp³-hybridized carbons (Fsp3) is 0.818. The number of hydrogen-bond donors (Lipinski definition) is 1. The highest BCUT2D eigenvalue weighted by atomic mass is 16.5. The fourth-order valence-corrected chi connectivity index (χ4v) is 4.36. The van der Waals surface area contributed by atoms with Gasteiger partial charge in [-0.3, -0.25) is 9.59 Å². The number of fused-ring (bicyclic) bond motifs is 1. The number of carbonyl (C=O) groups excluding carboxylic acids is 2. The zero-order valence-corrected chi connectivity index (χ0v) is 16.3. The maximum Gasteiger partial charge on any atom is 0.306 e. The molecule has 0 saturated heterocycles. The van der Waals surface area contributed by atoms with Gasteiger partial charge in [-0.1, -0.05) is 44.8 Å². The molecule has 4 nitrogen and oxygen atoms in total. The van der Waals surface area contributed by atoms with Crippen molar-refractivity contribution in [2.24, 2.45) is 11.8 Å². The molecular formula is C22H36O4. The molecule has 0 spiro atoms. The molecule has 0 aromatic rings. The first-order valence-electron chi connectivity index (χ1n) is 10.7. The second-order valence-corrected chi connectivity index (χ2v) is 8.00. The van der Waals surface area contributed by atoms with Gasteiger partial charge >= 0.3 is 5.97 Å². The Morgan fingerprint density at radius 1 is 1.19 bits per heavy atom. The Hall–Kier alpha value is -1.16. The van der Waals surface area contributed by atoms with Crippen LogP contribution >= 0.6 is 0 Å². The number of hydrogen-bond acceptors (Lipinski definition) is 4. The number of allylic oxidation sites excluding steroid dienone is 2. The SMILES string of the molecule is CCCCCCCC(=O)CC[C@@H]1[C@H]2C/C=C\CCCC(=O)O[C@H]2C[C@H]1O. The number of aliphatic hydroxyl groups is 1. The van der Waals surface area contributed by atoms with Gasteiger partial charge in [-0.2, -0.15) is 0 Å². The third kappa shape index (κ3) is 6.86. The quantitative estimate of drug-likeness (QED) is 0.365. The topological polar surface area (TPSA) is 63.6 Å². The van der Waals surface area contributed by atoms with Crippen LogP contribution in [0.5, 0.6) is 0 Å². The number of Topliss-reactive ketones (excluding diaryl/α,β-unsaturated/α-hetero) is 1. The molecule has 4 atom stereocenters. The highest BCUT2D eigenvalue weighted by molar-refractivity contribution is 5.78. The van der Waals surface area contributed by atoms with Crippen molar-refractivity contribution >= 4 is 11.8 Å². The summed E-state index contributed by atoms with van der Waals surface area (Å²) in [6, 6.07) is 0. The molecule has 0 aromatic carbocycles. The fourth-order valence-electron chi connectivity index (χ4n) is 4.36. The van der Waals surface area contributed by atoms with Gasteiger partial charge in [0.15, 0.2) is 0 Å². The van der Waals surface area contributed by atoms with E-state index in [1.165, 1.54) is 19.3 Å². The summed E-state index contributed by atoms with van der Waals surface area (Å²) in [5.41, 5.74) is 0. The van der Waals surface area contributed by atoms with Gasteiger partial charge in [-0.15, -0.1) is 0 Å². The van der Waals surface area contributed by atoms with E-state index in [0.717, 1.165) is 32.1 Å². The normalized spacial score (nSPS) is 30.5. The molecule has 1 saturated carbocycles. The first kappa shape index (κ1) is 21.1. The van der Waals surface area contributed by atoms with Gasteiger partial charge in [0, 0.05) is 31.6 Å². The van der Waals surface area contributed by atoms with Crippen molar-refractivity contribution in [2.45, 2.75) is 103 Å². The smallest absolute Gasteiger partial charge is 0.306 e. The summed E-state index contributed by atoms with van der Waals surface area (Å²) < 4.78 is 5.64. The first-order chi connectivity index (χ1) is 12.6. The summed E-state index contributed by atoms with van der Waals surface area (Å²) in [6.45, 7) is 2.19. The third-order valence-electron chi connectivity index (χ3n) is 5.92. The number of ether oxygens (including phenoxy) is 1. The third-order valence-corrected chi connectivity index (χ3v) is 5.92. The number of esters is 1. The maximum atomic E-state index is 12.2. The van der Waals surface area contributed by atoms with E-state index in [1.807, 2.05) is 0 Å². The van der Waals surface area contributed by atoms with Crippen LogP contribution in [0.3, 0.4) is 0 Å². The van der Waals surface area contributed by atoms with Gasteiger partial charge < -0.3 is 9.84 Å². The van der Waals surface area contributed by atoms with Crippen LogP contribution in [0.4, 0.5) is 0 Å². The van der Waals surface area contributed by atoms with Gasteiger partial charge in [-0.25, -0.2) is 0 Å². The number of unbranched alkanes of at least 4 members (excludes halogenated alkanes) is 4. The summed E-state index contributed by atoms with van der Waals surface area (Å²) in [4.78, 5) is 24.1. The van der Waals surface area contributed by atoms with Crippen molar-refractivity contribution in [3.8, 4) is 0 Å². The Bertz CT molecular complexity index is 471. The average molecular weight is 365 g/mol. The van der Waals surface area contributed by atoms with Gasteiger partial charge in [-0.05, 0) is 38.0 Å². The summed E-state index contributed by atoms with van der Waals surface area (Å²) >= 11 is 0. The summed E-state index contributed by atoms with van der Waals surface area (Å²) in [6.07, 6.45) is 14.9. The molecule has 0 aromatic heterocycles. The predicted octanol–water partition coefficient (Wildman–Crippen LogP) is 4.74. The van der Waals surface area contributed by atoms with Crippen LogP contribution in [-0.2, 0) is 14.3 Å². The second kappa shape index (κ2) is 11.5. The summed E-state index contributed by atoms with van der Waals surface area (Å²) in [7, 11) is 0. The van der Waals surface area contributed by atoms with Crippen molar-refractivity contribution in [1.29, 1.82) is 0 Å². The standard InChI is InChI=1S/C22H36O4/c1-2-3-4-5-8-11-17(23)14-15-18-19-12-9-6-7-10-13-22(25)26-21(19)16-20(18)24/h6,9,18-21,24H,2-5,7-8,10-16H2,1H3/b9-6-/t18-,19-,20-,21+/m1/s1. The van der Waals surface area contributed by atoms with Crippen molar-refractivity contribution in [3.05, 3.63) is 12.2 Å². The largest absolute Gasteiger partial charge is 0.462 e. The number of ketones is 1. The lowest BCUT2D eigenvalue weighted by molar-refractivity contribution is -0.151. The zero-order chi connectivity index (χ0) is 18.8. The van der Waals surface area contributed by atoms with E-state index in [2.05, 4.69) is 19.1 Å². The Kier molecular flexibility index (Phi) is 9.38. The van der Waals surface area contributed by atoms with E-state index in [9.17, 15) is 14.7 Å². The van der Waals surface area contributed by atoms with Crippen LogP contribution in [0, 0.1) is 11.8 Å². The molecule has 0 amide bonds. The molecule has 0 radical (unpaired) electrons. The molecule has 2 aliphatic rings. The van der Waals surface area contributed by atoms with Crippen LogP contribution in [0.1, 0.15) is 90.4 Å². The minimum Gasteiger partial charge on any atom is -0.462 e. The molecule has 1 N–H and O–H groups in total. The van der Waals surface area contributed by atoms with E-state index in [1.54, 1.807) is 0 Å². The Morgan fingerprint density at radius 3 is 2.81 bits per heavy atom. The molecule has 1 aliphatic carbocycles. The van der Waals surface area contributed by atoms with E-state index >= 15 is 0 Å². The van der Waals surface area contributed by atoms with E-state index in [-0.39, 0.29) is 23.9 Å². The molecule has 4 heteroatoms. The minimum absolute atomic E-state index is 0.0564. The van der Waals surface area contributed by atoms with E-state index in [0.29, 0.717) is 37.9 Å². The zero-order valence-electron chi connectivity index (χ0n) is 16.3. The molecule has 26 heavy (non-hydrogen) atoms. The molecule has 148 valence electrons. The van der Waals surface area contributed by atoms with E-state index < -0.39 is 6.10 Å².